The van der Waals surface area contributed by atoms with E-state index in [1.807, 2.05) is 0 Å². The normalized spacial score (nSPS) is 31.8. The predicted molar refractivity (Wildman–Crippen MR) is 62.3 cm³/mol. The summed E-state index contributed by atoms with van der Waals surface area (Å²) in [4.78, 5) is 23.0. The minimum Gasteiger partial charge on any atom is -0.394 e. The molecule has 1 aliphatic heterocycles. The summed E-state index contributed by atoms with van der Waals surface area (Å²) in [5, 5.41) is 28.3. The van der Waals surface area contributed by atoms with E-state index in [0.29, 0.717) is 3.59 Å². The van der Waals surface area contributed by atoms with Gasteiger partial charge in [-0.15, -0.1) is 0 Å². The van der Waals surface area contributed by atoms with Gasteiger partial charge in [0.05, 0.1) is 22.8 Å². The van der Waals surface area contributed by atoms with Crippen molar-refractivity contribution in [2.45, 2.75) is 24.5 Å². The van der Waals surface area contributed by atoms with Gasteiger partial charge in [-0.1, -0.05) is 0 Å². The second-order valence-corrected chi connectivity index (χ2v) is 4.56. The maximum atomic E-state index is 11.8. The predicted octanol–water partition coefficient (Wildman–Crippen LogP) is -2.22. The zero-order valence-corrected chi connectivity index (χ0v) is 10.6. The fraction of sp³-hybridized carbons (Fsp3) is 0.556. The van der Waals surface area contributed by atoms with Crippen LogP contribution in [0.1, 0.15) is 6.23 Å². The molecule has 4 atom stereocenters. The minimum atomic E-state index is -1.37. The molecule has 8 nitrogen and oxygen atoms in total. The molecule has 1 saturated heterocycles. The van der Waals surface area contributed by atoms with Crippen LogP contribution in [-0.4, -0.2) is 48.4 Å². The molecule has 1 fully saturated rings. The van der Waals surface area contributed by atoms with Crippen LogP contribution >= 0.6 is 16.1 Å². The van der Waals surface area contributed by atoms with Crippen molar-refractivity contribution in [2.75, 3.05) is 6.61 Å². The van der Waals surface area contributed by atoms with E-state index in [1.165, 1.54) is 0 Å². The molecule has 3 N–H and O–H groups in total. The Labute approximate surface area is 109 Å². The number of hydrogen-bond acceptors (Lipinski definition) is 6. The van der Waals surface area contributed by atoms with Gasteiger partial charge >= 0.3 is 5.69 Å². The minimum absolute atomic E-state index is 0.489. The third-order valence-electron chi connectivity index (χ3n) is 2.75. The van der Waals surface area contributed by atoms with E-state index in [4.69, 9.17) is 9.84 Å². The molecule has 0 spiro atoms. The highest BCUT2D eigenvalue weighted by atomic mass is 79.9. The molecule has 1 aromatic heterocycles. The zero-order chi connectivity index (χ0) is 13.4. The summed E-state index contributed by atoms with van der Waals surface area (Å²) in [6, 6.07) is 1.10. The van der Waals surface area contributed by atoms with Gasteiger partial charge in [0.1, 0.15) is 18.3 Å². The average Bonchev–Trinajstić information content (AvgIpc) is 2.64. The Balaban J connectivity index is 2.42. The molecule has 1 aliphatic rings. The first kappa shape index (κ1) is 13.4. The largest absolute Gasteiger partial charge is 0.394 e. The highest BCUT2D eigenvalue weighted by Gasteiger charge is 2.43. The number of rotatable bonds is 2. The third-order valence-corrected chi connectivity index (χ3v) is 3.40. The van der Waals surface area contributed by atoms with Crippen LogP contribution in [-0.2, 0) is 4.74 Å². The second kappa shape index (κ2) is 4.94. The molecule has 1 aromatic rings. The molecular weight excluding hydrogens is 312 g/mol. The second-order valence-electron chi connectivity index (χ2n) is 3.85. The van der Waals surface area contributed by atoms with Crippen molar-refractivity contribution in [1.82, 2.24) is 8.16 Å². The van der Waals surface area contributed by atoms with Gasteiger partial charge in [-0.05, 0) is 0 Å². The summed E-state index contributed by atoms with van der Waals surface area (Å²) in [5.41, 5.74) is -1.32. The number of aliphatic hydroxyl groups excluding tert-OH is 3. The van der Waals surface area contributed by atoms with Crippen LogP contribution in [0, 0.1) is 0 Å². The number of ether oxygens (including phenoxy) is 1. The van der Waals surface area contributed by atoms with Gasteiger partial charge in [-0.25, -0.2) is 4.79 Å². The van der Waals surface area contributed by atoms with Crippen LogP contribution in [0.3, 0.4) is 0 Å². The van der Waals surface area contributed by atoms with Crippen molar-refractivity contribution in [3.05, 3.63) is 33.1 Å². The molecule has 100 valence electrons. The molecule has 0 saturated carbocycles. The van der Waals surface area contributed by atoms with Gasteiger partial charge in [-0.3, -0.25) is 9.36 Å². The highest BCUT2D eigenvalue weighted by molar-refractivity contribution is 9.08. The summed E-state index contributed by atoms with van der Waals surface area (Å²) in [6.45, 7) is -0.489. The van der Waals surface area contributed by atoms with E-state index >= 15 is 0 Å². The van der Waals surface area contributed by atoms with Gasteiger partial charge in [-0.2, -0.15) is 3.59 Å². The molecule has 0 unspecified atom stereocenters. The monoisotopic (exact) mass is 322 g/mol. The van der Waals surface area contributed by atoms with Crippen molar-refractivity contribution in [2.24, 2.45) is 0 Å². The van der Waals surface area contributed by atoms with Crippen molar-refractivity contribution < 1.29 is 20.1 Å². The van der Waals surface area contributed by atoms with E-state index in [-0.39, 0.29) is 0 Å². The zero-order valence-electron chi connectivity index (χ0n) is 9.01. The van der Waals surface area contributed by atoms with Crippen LogP contribution in [0.2, 0.25) is 0 Å². The van der Waals surface area contributed by atoms with Gasteiger partial charge in [0.15, 0.2) is 6.23 Å². The molecule has 2 rings (SSSR count). The molecule has 0 radical (unpaired) electrons. The van der Waals surface area contributed by atoms with E-state index in [2.05, 4.69) is 16.1 Å². The Morgan fingerprint density at radius 2 is 2.00 bits per heavy atom. The van der Waals surface area contributed by atoms with E-state index in [9.17, 15) is 19.8 Å². The lowest BCUT2D eigenvalue weighted by molar-refractivity contribution is -0.0551. The van der Waals surface area contributed by atoms with E-state index in [0.717, 1.165) is 16.8 Å². The van der Waals surface area contributed by atoms with Crippen LogP contribution in [0.15, 0.2) is 21.9 Å². The lowest BCUT2D eigenvalue weighted by atomic mass is 10.1. The number of hydrogen-bond donors (Lipinski definition) is 3. The first-order valence-corrected chi connectivity index (χ1v) is 5.81. The summed E-state index contributed by atoms with van der Waals surface area (Å²) in [6.07, 6.45) is -3.66. The Hall–Kier alpha value is -1.00. The van der Waals surface area contributed by atoms with Gasteiger partial charge in [0, 0.05) is 12.3 Å². The molecule has 0 bridgehead atoms. The Bertz CT molecular complexity index is 555. The molecule has 0 aromatic carbocycles. The van der Waals surface area contributed by atoms with Gasteiger partial charge in [0.2, 0.25) is 0 Å². The number of aromatic nitrogens is 2. The van der Waals surface area contributed by atoms with Crippen molar-refractivity contribution in [3.63, 3.8) is 0 Å². The topological polar surface area (TPSA) is 114 Å². The van der Waals surface area contributed by atoms with E-state index in [1.54, 1.807) is 0 Å². The van der Waals surface area contributed by atoms with Gasteiger partial charge in [0.25, 0.3) is 5.56 Å². The number of aliphatic hydroxyl groups is 3. The molecule has 0 aliphatic carbocycles. The summed E-state index contributed by atoms with van der Waals surface area (Å²) in [5.74, 6) is 0. The SMILES string of the molecule is O=c1ccn([C@@H]2O[C@H](CO)[C@@H](O)[C@H]2O)c(=O)n1Br. The molecule has 0 amide bonds. The molecular formula is C9H11BrN2O6. The van der Waals surface area contributed by atoms with Gasteiger partial charge < -0.3 is 20.1 Å². The maximum Gasteiger partial charge on any atom is 0.343 e. The van der Waals surface area contributed by atoms with Crippen molar-refractivity contribution >= 4 is 16.1 Å². The van der Waals surface area contributed by atoms with Crippen molar-refractivity contribution in [3.8, 4) is 0 Å². The number of nitrogens with zero attached hydrogens (tertiary/aromatic N) is 2. The highest BCUT2D eigenvalue weighted by Crippen LogP contribution is 2.27. The quantitative estimate of drug-likeness (QED) is 0.568. The first-order valence-electron chi connectivity index (χ1n) is 5.10. The van der Waals surface area contributed by atoms with Crippen LogP contribution in [0.25, 0.3) is 0 Å². The summed E-state index contributed by atoms with van der Waals surface area (Å²) in [7, 11) is 0. The molecule has 2 heterocycles. The van der Waals surface area contributed by atoms with E-state index < -0.39 is 42.4 Å². The standard InChI is InChI=1S/C9H11BrN2O6/c10-12-5(14)1-2-11(9(12)17)8-7(16)6(15)4(3-13)18-8/h1-2,4,6-8,13,15-16H,3H2/t4-,6-,7-,8-/m1/s1. The molecule has 18 heavy (non-hydrogen) atoms. The lowest BCUT2D eigenvalue weighted by Gasteiger charge is -2.17. The smallest absolute Gasteiger partial charge is 0.343 e. The maximum absolute atomic E-state index is 11.8. The van der Waals surface area contributed by atoms with Crippen molar-refractivity contribution in [1.29, 1.82) is 0 Å². The average molecular weight is 323 g/mol. The first-order chi connectivity index (χ1) is 8.47. The number of halogens is 1. The van der Waals surface area contributed by atoms with Crippen LogP contribution in [0.5, 0.6) is 0 Å². The fourth-order valence-corrected chi connectivity index (χ4v) is 2.07. The lowest BCUT2D eigenvalue weighted by Crippen LogP contribution is -2.40. The Morgan fingerprint density at radius 3 is 2.56 bits per heavy atom. The Kier molecular flexibility index (Phi) is 3.69. The fourth-order valence-electron chi connectivity index (χ4n) is 1.77. The Morgan fingerprint density at radius 1 is 1.33 bits per heavy atom. The summed E-state index contributed by atoms with van der Waals surface area (Å²) >= 11 is 2.77. The third kappa shape index (κ3) is 2.04. The summed E-state index contributed by atoms with van der Waals surface area (Å²) < 4.78 is 6.80. The van der Waals surface area contributed by atoms with Crippen LogP contribution in [0.4, 0.5) is 0 Å². The molecule has 9 heteroatoms. The van der Waals surface area contributed by atoms with Crippen LogP contribution < -0.4 is 11.2 Å².